The number of aromatic nitrogens is 2. The molecule has 0 atom stereocenters. The number of carbonyl (C=O) groups excluding carboxylic acids is 1. The summed E-state index contributed by atoms with van der Waals surface area (Å²) in [6.07, 6.45) is 5.04. The predicted octanol–water partition coefficient (Wildman–Crippen LogP) is 4.08. The van der Waals surface area contributed by atoms with Gasteiger partial charge in [-0.1, -0.05) is 54.6 Å². The summed E-state index contributed by atoms with van der Waals surface area (Å²) in [7, 11) is 0. The van der Waals surface area contributed by atoms with Gasteiger partial charge in [0.1, 0.15) is 0 Å². The highest BCUT2D eigenvalue weighted by Crippen LogP contribution is 2.15. The fourth-order valence-electron chi connectivity index (χ4n) is 2.31. The first-order valence-corrected chi connectivity index (χ1v) is 7.13. The summed E-state index contributed by atoms with van der Waals surface area (Å²) in [6.45, 7) is 1.91. The minimum atomic E-state index is -0.0384. The van der Waals surface area contributed by atoms with Gasteiger partial charge in [0.25, 0.3) is 0 Å². The number of carbonyl (C=O) groups is 1. The Morgan fingerprint density at radius 1 is 1.00 bits per heavy atom. The zero-order chi connectivity index (χ0) is 15.4. The van der Waals surface area contributed by atoms with Crippen LogP contribution in [-0.2, 0) is 0 Å². The highest BCUT2D eigenvalue weighted by Gasteiger charge is 2.12. The molecule has 0 saturated carbocycles. The zero-order valence-electron chi connectivity index (χ0n) is 12.3. The van der Waals surface area contributed by atoms with Crippen molar-refractivity contribution in [3.05, 3.63) is 89.8 Å². The normalized spacial score (nSPS) is 11.0. The second-order valence-corrected chi connectivity index (χ2v) is 5.00. The fraction of sp³-hybridized carbons (Fsp3) is 0.0526. The third-order valence-electron chi connectivity index (χ3n) is 3.50. The van der Waals surface area contributed by atoms with Gasteiger partial charge in [-0.15, -0.1) is 0 Å². The highest BCUT2D eigenvalue weighted by atomic mass is 16.1. The lowest BCUT2D eigenvalue weighted by molar-refractivity contribution is 0.104. The summed E-state index contributed by atoms with van der Waals surface area (Å²) in [5.74, 6) is -0.0384. The van der Waals surface area contributed by atoms with Crippen LogP contribution in [0.15, 0.2) is 72.9 Å². The second-order valence-electron chi connectivity index (χ2n) is 5.00. The Hall–Kier alpha value is -2.94. The average molecular weight is 288 g/mol. The maximum absolute atomic E-state index is 12.3. The van der Waals surface area contributed by atoms with E-state index in [1.165, 1.54) is 0 Å². The summed E-state index contributed by atoms with van der Waals surface area (Å²) in [4.78, 5) is 12.3. The van der Waals surface area contributed by atoms with Crippen LogP contribution in [0.5, 0.6) is 0 Å². The molecule has 0 unspecified atom stereocenters. The molecule has 0 radical (unpaired) electrons. The SMILES string of the molecule is Cc1c(C(=O)/C=C/c2ccccc2)cnn1-c1ccccc1. The Morgan fingerprint density at radius 3 is 2.32 bits per heavy atom. The van der Waals surface area contributed by atoms with Crippen LogP contribution in [0.1, 0.15) is 21.6 Å². The molecule has 3 heteroatoms. The van der Waals surface area contributed by atoms with Crippen LogP contribution in [0.3, 0.4) is 0 Å². The van der Waals surface area contributed by atoms with Crippen molar-refractivity contribution in [1.82, 2.24) is 9.78 Å². The van der Waals surface area contributed by atoms with Crippen LogP contribution in [-0.4, -0.2) is 15.6 Å². The van der Waals surface area contributed by atoms with Crippen LogP contribution in [0.2, 0.25) is 0 Å². The van der Waals surface area contributed by atoms with E-state index in [0.717, 1.165) is 16.9 Å². The number of ketones is 1. The van der Waals surface area contributed by atoms with Gasteiger partial charge in [-0.3, -0.25) is 4.79 Å². The quantitative estimate of drug-likeness (QED) is 0.535. The standard InChI is InChI=1S/C19H16N2O/c1-15-18(14-20-21(15)17-10-6-3-7-11-17)19(22)13-12-16-8-4-2-5-9-16/h2-14H,1H3/b13-12+. The number of nitrogens with zero attached hydrogens (tertiary/aromatic N) is 2. The highest BCUT2D eigenvalue weighted by molar-refractivity contribution is 6.07. The van der Waals surface area contributed by atoms with Crippen molar-refractivity contribution in [3.8, 4) is 5.69 Å². The first kappa shape index (κ1) is 14.0. The first-order valence-electron chi connectivity index (χ1n) is 7.13. The van der Waals surface area contributed by atoms with Crippen LogP contribution in [0.25, 0.3) is 11.8 Å². The molecule has 1 heterocycles. The molecule has 2 aromatic carbocycles. The Kier molecular flexibility index (Phi) is 3.97. The van der Waals surface area contributed by atoms with E-state index in [1.54, 1.807) is 17.0 Å². The minimum absolute atomic E-state index is 0.0384. The molecule has 108 valence electrons. The lowest BCUT2D eigenvalue weighted by Crippen LogP contribution is -2.01. The van der Waals surface area contributed by atoms with Crippen LogP contribution < -0.4 is 0 Å². The van der Waals surface area contributed by atoms with Crippen molar-refractivity contribution >= 4 is 11.9 Å². The van der Waals surface area contributed by atoms with E-state index >= 15 is 0 Å². The average Bonchev–Trinajstić information content (AvgIpc) is 2.96. The van der Waals surface area contributed by atoms with E-state index in [2.05, 4.69) is 5.10 Å². The van der Waals surface area contributed by atoms with Crippen LogP contribution >= 0.6 is 0 Å². The maximum atomic E-state index is 12.3. The molecule has 1 aromatic heterocycles. The molecule has 0 N–H and O–H groups in total. The summed E-state index contributed by atoms with van der Waals surface area (Å²) < 4.78 is 1.78. The number of rotatable bonds is 4. The molecule has 0 fully saturated rings. The number of hydrogen-bond acceptors (Lipinski definition) is 2. The second kappa shape index (κ2) is 6.22. The molecule has 0 bridgehead atoms. The molecule has 3 aromatic rings. The van der Waals surface area contributed by atoms with E-state index in [-0.39, 0.29) is 5.78 Å². The van der Waals surface area contributed by atoms with E-state index in [4.69, 9.17) is 0 Å². The molecule has 0 aliphatic heterocycles. The Labute approximate surface area is 129 Å². The lowest BCUT2D eigenvalue weighted by atomic mass is 10.1. The molecular weight excluding hydrogens is 272 g/mol. The number of hydrogen-bond donors (Lipinski definition) is 0. The number of allylic oxidation sites excluding steroid dienone is 1. The topological polar surface area (TPSA) is 34.9 Å². The van der Waals surface area contributed by atoms with Gasteiger partial charge in [0.05, 0.1) is 23.1 Å². The predicted molar refractivity (Wildman–Crippen MR) is 88.1 cm³/mol. The third kappa shape index (κ3) is 2.88. The fourth-order valence-corrected chi connectivity index (χ4v) is 2.31. The van der Waals surface area contributed by atoms with Gasteiger partial charge in [-0.25, -0.2) is 4.68 Å². The third-order valence-corrected chi connectivity index (χ3v) is 3.50. The van der Waals surface area contributed by atoms with Gasteiger partial charge in [-0.05, 0) is 30.7 Å². The number of para-hydroxylation sites is 1. The van der Waals surface area contributed by atoms with Crippen LogP contribution in [0.4, 0.5) is 0 Å². The van der Waals surface area contributed by atoms with Crippen molar-refractivity contribution in [3.63, 3.8) is 0 Å². The van der Waals surface area contributed by atoms with E-state index < -0.39 is 0 Å². The maximum Gasteiger partial charge on any atom is 0.189 e. The molecule has 3 nitrogen and oxygen atoms in total. The summed E-state index contributed by atoms with van der Waals surface area (Å²) in [6, 6.07) is 19.6. The zero-order valence-corrected chi connectivity index (χ0v) is 12.3. The molecular formula is C19H16N2O. The van der Waals surface area contributed by atoms with Crippen molar-refractivity contribution in [2.24, 2.45) is 0 Å². The largest absolute Gasteiger partial charge is 0.289 e. The number of benzene rings is 2. The lowest BCUT2D eigenvalue weighted by Gasteiger charge is -2.04. The molecule has 22 heavy (non-hydrogen) atoms. The molecule has 3 rings (SSSR count). The van der Waals surface area contributed by atoms with E-state index in [9.17, 15) is 4.79 Å². The smallest absolute Gasteiger partial charge is 0.189 e. The van der Waals surface area contributed by atoms with E-state index in [0.29, 0.717) is 5.56 Å². The minimum Gasteiger partial charge on any atom is -0.289 e. The van der Waals surface area contributed by atoms with Gasteiger partial charge >= 0.3 is 0 Å². The van der Waals surface area contributed by atoms with E-state index in [1.807, 2.05) is 73.7 Å². The Morgan fingerprint density at radius 2 is 1.64 bits per heavy atom. The van der Waals surface area contributed by atoms with Gasteiger partial charge in [-0.2, -0.15) is 5.10 Å². The van der Waals surface area contributed by atoms with Crippen molar-refractivity contribution in [1.29, 1.82) is 0 Å². The van der Waals surface area contributed by atoms with Crippen molar-refractivity contribution < 1.29 is 4.79 Å². The summed E-state index contributed by atoms with van der Waals surface area (Å²) in [5, 5.41) is 4.32. The van der Waals surface area contributed by atoms with Gasteiger partial charge in [0.15, 0.2) is 5.78 Å². The molecule has 0 amide bonds. The molecule has 0 spiro atoms. The Bertz CT molecular complexity index is 802. The van der Waals surface area contributed by atoms with Gasteiger partial charge in [0, 0.05) is 0 Å². The van der Waals surface area contributed by atoms with Crippen molar-refractivity contribution in [2.45, 2.75) is 6.92 Å². The van der Waals surface area contributed by atoms with Crippen molar-refractivity contribution in [2.75, 3.05) is 0 Å². The summed E-state index contributed by atoms with van der Waals surface area (Å²) >= 11 is 0. The first-order chi connectivity index (χ1) is 10.8. The summed E-state index contributed by atoms with van der Waals surface area (Å²) in [5.41, 5.74) is 3.42. The van der Waals surface area contributed by atoms with Crippen LogP contribution in [0, 0.1) is 6.92 Å². The monoisotopic (exact) mass is 288 g/mol. The Balaban J connectivity index is 1.85. The van der Waals surface area contributed by atoms with Gasteiger partial charge in [0.2, 0.25) is 0 Å². The van der Waals surface area contributed by atoms with Gasteiger partial charge < -0.3 is 0 Å². The molecule has 0 aliphatic carbocycles. The molecule has 0 aliphatic rings. The molecule has 0 saturated heterocycles.